The van der Waals surface area contributed by atoms with Crippen LogP contribution in [-0.2, 0) is 5.41 Å². The van der Waals surface area contributed by atoms with E-state index >= 15 is 0 Å². The Hall–Kier alpha value is -1.91. The summed E-state index contributed by atoms with van der Waals surface area (Å²) in [6.45, 7) is 4.52. The molecule has 1 N–H and O–H groups in total. The molecule has 1 unspecified atom stereocenters. The Morgan fingerprint density at radius 2 is 1.93 bits per heavy atom. The summed E-state index contributed by atoms with van der Waals surface area (Å²) in [7, 11) is 0. The number of aliphatic hydroxyl groups excluding tert-OH is 1. The highest BCUT2D eigenvalue weighted by atomic mass is 16.3. The summed E-state index contributed by atoms with van der Waals surface area (Å²) in [6, 6.07) is 8.12. The van der Waals surface area contributed by atoms with E-state index in [9.17, 15) is 9.90 Å². The largest absolute Gasteiger partial charge is 0.395 e. The van der Waals surface area contributed by atoms with Gasteiger partial charge in [-0.15, -0.1) is 0 Å². The SMILES string of the molecule is O=C1c2ccccc2C2(CCN(CCC3C=CC=CC3)CC2)CN1CCO. The maximum atomic E-state index is 12.8. The van der Waals surface area contributed by atoms with Crippen LogP contribution in [0.5, 0.6) is 0 Å². The molecule has 4 nitrogen and oxygen atoms in total. The van der Waals surface area contributed by atoms with E-state index in [1.165, 1.54) is 18.4 Å². The summed E-state index contributed by atoms with van der Waals surface area (Å²) in [5.74, 6) is 0.754. The molecule has 144 valence electrons. The number of amides is 1. The molecular formula is C23H30N2O2. The molecule has 1 aliphatic carbocycles. The summed E-state index contributed by atoms with van der Waals surface area (Å²) >= 11 is 0. The first-order chi connectivity index (χ1) is 13.2. The van der Waals surface area contributed by atoms with Crippen LogP contribution in [0.1, 0.15) is 41.6 Å². The number of benzene rings is 1. The first-order valence-corrected chi connectivity index (χ1v) is 10.3. The van der Waals surface area contributed by atoms with Crippen molar-refractivity contribution in [2.45, 2.75) is 31.1 Å². The third kappa shape index (κ3) is 3.74. The smallest absolute Gasteiger partial charge is 0.254 e. The maximum Gasteiger partial charge on any atom is 0.254 e. The first-order valence-electron chi connectivity index (χ1n) is 10.3. The van der Waals surface area contributed by atoms with Crippen LogP contribution in [0.15, 0.2) is 48.6 Å². The van der Waals surface area contributed by atoms with E-state index in [0.717, 1.165) is 44.6 Å². The average molecular weight is 367 g/mol. The van der Waals surface area contributed by atoms with Gasteiger partial charge in [0.25, 0.3) is 5.91 Å². The second-order valence-corrected chi connectivity index (χ2v) is 8.22. The summed E-state index contributed by atoms with van der Waals surface area (Å²) < 4.78 is 0. The van der Waals surface area contributed by atoms with Gasteiger partial charge < -0.3 is 14.9 Å². The van der Waals surface area contributed by atoms with Crippen molar-refractivity contribution in [3.8, 4) is 0 Å². The molecular weight excluding hydrogens is 336 g/mol. The lowest BCUT2D eigenvalue weighted by molar-refractivity contribution is 0.0535. The lowest BCUT2D eigenvalue weighted by Gasteiger charge is -2.48. The second kappa shape index (κ2) is 7.99. The molecule has 0 radical (unpaired) electrons. The highest BCUT2D eigenvalue weighted by Crippen LogP contribution is 2.41. The third-order valence-electron chi connectivity index (χ3n) is 6.58. The van der Waals surface area contributed by atoms with Crippen LogP contribution in [0.4, 0.5) is 0 Å². The van der Waals surface area contributed by atoms with E-state index in [-0.39, 0.29) is 17.9 Å². The van der Waals surface area contributed by atoms with Crippen molar-refractivity contribution in [1.82, 2.24) is 9.80 Å². The molecule has 0 aromatic heterocycles. The Balaban J connectivity index is 1.44. The number of hydrogen-bond donors (Lipinski definition) is 1. The molecule has 1 amide bonds. The maximum absolute atomic E-state index is 12.8. The highest BCUT2D eigenvalue weighted by Gasteiger charge is 2.44. The van der Waals surface area contributed by atoms with Gasteiger partial charge in [0.15, 0.2) is 0 Å². The second-order valence-electron chi connectivity index (χ2n) is 8.22. The Morgan fingerprint density at radius 1 is 1.11 bits per heavy atom. The Kier molecular flexibility index (Phi) is 5.46. The average Bonchev–Trinajstić information content (AvgIpc) is 2.72. The molecule has 2 aliphatic heterocycles. The zero-order chi connectivity index (χ0) is 18.7. The van der Waals surface area contributed by atoms with Crippen molar-refractivity contribution in [1.29, 1.82) is 0 Å². The topological polar surface area (TPSA) is 43.8 Å². The molecule has 1 aromatic carbocycles. The van der Waals surface area contributed by atoms with Gasteiger partial charge in [-0.05, 0) is 62.9 Å². The number of fused-ring (bicyclic) bond motifs is 2. The van der Waals surface area contributed by atoms with Crippen molar-refractivity contribution in [2.75, 3.05) is 39.3 Å². The quantitative estimate of drug-likeness (QED) is 0.871. The van der Waals surface area contributed by atoms with Crippen LogP contribution in [0.2, 0.25) is 0 Å². The molecule has 27 heavy (non-hydrogen) atoms. The van der Waals surface area contributed by atoms with Gasteiger partial charge in [0.1, 0.15) is 0 Å². The number of rotatable bonds is 5. The van der Waals surface area contributed by atoms with E-state index < -0.39 is 0 Å². The van der Waals surface area contributed by atoms with Crippen molar-refractivity contribution in [2.24, 2.45) is 5.92 Å². The van der Waals surface area contributed by atoms with E-state index in [2.05, 4.69) is 41.3 Å². The number of nitrogens with zero attached hydrogens (tertiary/aromatic N) is 2. The third-order valence-corrected chi connectivity index (χ3v) is 6.58. The number of allylic oxidation sites excluding steroid dienone is 4. The standard InChI is InChI=1S/C23H30N2O2/c26-17-16-25-18-23(21-9-5-4-8-20(21)22(25)27)11-14-24(15-12-23)13-10-19-6-2-1-3-7-19/h1-6,8-9,19,26H,7,10-18H2. The van der Waals surface area contributed by atoms with Crippen LogP contribution in [-0.4, -0.2) is 60.1 Å². The van der Waals surface area contributed by atoms with Crippen LogP contribution in [0, 0.1) is 5.92 Å². The van der Waals surface area contributed by atoms with Gasteiger partial charge >= 0.3 is 0 Å². The number of carbonyl (C=O) groups is 1. The molecule has 0 bridgehead atoms. The van der Waals surface area contributed by atoms with Crippen LogP contribution in [0.25, 0.3) is 0 Å². The molecule has 1 aromatic rings. The molecule has 3 aliphatic rings. The Labute approximate surface area is 162 Å². The van der Waals surface area contributed by atoms with Gasteiger partial charge in [-0.1, -0.05) is 42.5 Å². The van der Waals surface area contributed by atoms with Gasteiger partial charge in [-0.3, -0.25) is 4.79 Å². The fourth-order valence-electron chi connectivity index (χ4n) is 4.95. The van der Waals surface area contributed by atoms with Gasteiger partial charge in [-0.2, -0.15) is 0 Å². The van der Waals surface area contributed by atoms with Gasteiger partial charge in [0.2, 0.25) is 0 Å². The Morgan fingerprint density at radius 3 is 2.67 bits per heavy atom. The van der Waals surface area contributed by atoms with Crippen LogP contribution in [0.3, 0.4) is 0 Å². The molecule has 0 saturated carbocycles. The molecule has 1 fully saturated rings. The van der Waals surface area contributed by atoms with Gasteiger partial charge in [0.05, 0.1) is 6.61 Å². The number of carbonyl (C=O) groups excluding carboxylic acids is 1. The predicted octanol–water partition coefficient (Wildman–Crippen LogP) is 2.99. The number of likely N-dealkylation sites (tertiary alicyclic amines) is 1. The van der Waals surface area contributed by atoms with Crippen molar-refractivity contribution in [3.63, 3.8) is 0 Å². The Bertz CT molecular complexity index is 732. The van der Waals surface area contributed by atoms with E-state index in [4.69, 9.17) is 0 Å². The minimum atomic E-state index is 0.0272. The zero-order valence-corrected chi connectivity index (χ0v) is 16.0. The molecule has 1 atom stereocenters. The van der Waals surface area contributed by atoms with E-state index in [1.807, 2.05) is 17.0 Å². The summed E-state index contributed by atoms with van der Waals surface area (Å²) in [4.78, 5) is 17.2. The molecule has 2 heterocycles. The molecule has 4 rings (SSSR count). The van der Waals surface area contributed by atoms with Crippen LogP contribution >= 0.6 is 0 Å². The summed E-state index contributed by atoms with van der Waals surface area (Å²) in [5, 5.41) is 9.39. The van der Waals surface area contributed by atoms with Crippen molar-refractivity contribution >= 4 is 5.91 Å². The number of piperidine rings is 1. The molecule has 4 heteroatoms. The van der Waals surface area contributed by atoms with E-state index in [1.54, 1.807) is 0 Å². The minimum Gasteiger partial charge on any atom is -0.395 e. The fourth-order valence-corrected chi connectivity index (χ4v) is 4.95. The lowest BCUT2D eigenvalue weighted by Crippen LogP contribution is -2.54. The van der Waals surface area contributed by atoms with Crippen LogP contribution < -0.4 is 0 Å². The number of hydrogen-bond acceptors (Lipinski definition) is 3. The van der Waals surface area contributed by atoms with Gasteiger partial charge in [-0.25, -0.2) is 0 Å². The number of β-amino-alcohol motifs (C(OH)–C–C–N with tert-alkyl or cyclic N) is 1. The predicted molar refractivity (Wildman–Crippen MR) is 108 cm³/mol. The number of aliphatic hydroxyl groups is 1. The molecule has 1 saturated heterocycles. The zero-order valence-electron chi connectivity index (χ0n) is 16.0. The highest BCUT2D eigenvalue weighted by molar-refractivity contribution is 5.97. The fraction of sp³-hybridized carbons (Fsp3) is 0.522. The summed E-state index contributed by atoms with van der Waals surface area (Å²) in [6.07, 6.45) is 13.5. The van der Waals surface area contributed by atoms with Crippen molar-refractivity contribution in [3.05, 3.63) is 59.7 Å². The minimum absolute atomic E-state index is 0.0272. The molecule has 1 spiro atoms. The first kappa shape index (κ1) is 18.5. The van der Waals surface area contributed by atoms with E-state index in [0.29, 0.717) is 12.5 Å². The lowest BCUT2D eigenvalue weighted by atomic mass is 9.68. The normalized spacial score (nSPS) is 24.4. The van der Waals surface area contributed by atoms with Crippen molar-refractivity contribution < 1.29 is 9.90 Å². The monoisotopic (exact) mass is 366 g/mol. The van der Waals surface area contributed by atoms with Gasteiger partial charge in [0, 0.05) is 24.1 Å². The summed E-state index contributed by atoms with van der Waals surface area (Å²) in [5.41, 5.74) is 2.11.